The summed E-state index contributed by atoms with van der Waals surface area (Å²) in [6.07, 6.45) is 2.65. The van der Waals surface area contributed by atoms with Crippen LogP contribution in [-0.2, 0) is 0 Å². The maximum atomic E-state index is 13.6. The Morgan fingerprint density at radius 2 is 1.72 bits per heavy atom. The molecule has 0 aliphatic heterocycles. The van der Waals surface area contributed by atoms with Gasteiger partial charge in [0.25, 0.3) is 5.91 Å². The molecule has 8 heteroatoms. The van der Waals surface area contributed by atoms with Crippen LogP contribution in [0.1, 0.15) is 10.4 Å². The van der Waals surface area contributed by atoms with Crippen molar-refractivity contribution in [2.45, 2.75) is 0 Å². The first-order chi connectivity index (χ1) is 12.0. The van der Waals surface area contributed by atoms with E-state index in [0.29, 0.717) is 15.7 Å². The normalized spacial score (nSPS) is 10.4. The summed E-state index contributed by atoms with van der Waals surface area (Å²) in [5.41, 5.74) is 0.809. The summed E-state index contributed by atoms with van der Waals surface area (Å²) in [5.74, 6) is -0.797. The lowest BCUT2D eigenvalue weighted by molar-refractivity contribution is 0.102. The zero-order valence-electron chi connectivity index (χ0n) is 12.6. The predicted octanol–water partition coefficient (Wildman–Crippen LogP) is 4.92. The Morgan fingerprint density at radius 3 is 2.44 bits per heavy atom. The third-order valence-corrected chi connectivity index (χ3v) is 3.78. The van der Waals surface area contributed by atoms with Crippen molar-refractivity contribution in [3.05, 3.63) is 76.3 Å². The number of halogens is 3. The lowest BCUT2D eigenvalue weighted by Crippen LogP contribution is -2.14. The third kappa shape index (κ3) is 4.23. The number of benzene rings is 2. The van der Waals surface area contributed by atoms with Gasteiger partial charge in [-0.15, -0.1) is 0 Å². The fraction of sp³-hybridized carbons (Fsp3) is 0. The van der Waals surface area contributed by atoms with Crippen molar-refractivity contribution >= 4 is 46.4 Å². The highest BCUT2D eigenvalue weighted by molar-refractivity contribution is 6.35. The number of nitrogens with zero attached hydrogens (tertiary/aromatic N) is 2. The molecule has 3 rings (SSSR count). The highest BCUT2D eigenvalue weighted by atomic mass is 35.5. The quantitative estimate of drug-likeness (QED) is 0.678. The molecule has 2 N–H and O–H groups in total. The molecule has 0 aliphatic rings. The van der Waals surface area contributed by atoms with Gasteiger partial charge in [-0.25, -0.2) is 14.4 Å². The first-order valence-electron chi connectivity index (χ1n) is 7.13. The molecule has 0 unspecified atom stereocenters. The number of carbonyl (C=O) groups excluding carboxylic acids is 1. The summed E-state index contributed by atoms with van der Waals surface area (Å²) in [5, 5.41) is 6.33. The number of carbonyl (C=O) groups is 1. The number of amides is 1. The summed E-state index contributed by atoms with van der Waals surface area (Å²) in [4.78, 5) is 20.2. The van der Waals surface area contributed by atoms with E-state index in [9.17, 15) is 9.18 Å². The van der Waals surface area contributed by atoms with Crippen LogP contribution in [-0.4, -0.2) is 15.9 Å². The average molecular weight is 377 g/mol. The summed E-state index contributed by atoms with van der Waals surface area (Å²) in [7, 11) is 0. The first-order valence-corrected chi connectivity index (χ1v) is 7.88. The molecule has 0 radical (unpaired) electrons. The fourth-order valence-corrected chi connectivity index (χ4v) is 2.32. The van der Waals surface area contributed by atoms with Crippen LogP contribution in [0.15, 0.2) is 54.9 Å². The number of hydrogen-bond acceptors (Lipinski definition) is 4. The van der Waals surface area contributed by atoms with Gasteiger partial charge in [0.15, 0.2) is 0 Å². The summed E-state index contributed by atoms with van der Waals surface area (Å²) >= 11 is 12.0. The van der Waals surface area contributed by atoms with E-state index in [-0.39, 0.29) is 17.2 Å². The van der Waals surface area contributed by atoms with Gasteiger partial charge in [-0.1, -0.05) is 35.3 Å². The topological polar surface area (TPSA) is 66.9 Å². The largest absolute Gasteiger partial charge is 0.323 e. The fourth-order valence-electron chi connectivity index (χ4n) is 1.98. The molecule has 1 aromatic heterocycles. The zero-order chi connectivity index (χ0) is 17.8. The maximum absolute atomic E-state index is 13.6. The molecule has 25 heavy (non-hydrogen) atoms. The maximum Gasteiger partial charge on any atom is 0.258 e. The molecule has 0 aliphatic carbocycles. The lowest BCUT2D eigenvalue weighted by atomic mass is 10.2. The number of hydrogen-bond donors (Lipinski definition) is 2. The number of aromatic nitrogens is 2. The minimum absolute atomic E-state index is 0.0837. The van der Waals surface area contributed by atoms with Crippen LogP contribution < -0.4 is 10.6 Å². The van der Waals surface area contributed by atoms with Gasteiger partial charge >= 0.3 is 0 Å². The SMILES string of the molecule is O=C(Nc1ccccc1F)c1cnc(Nc2cc(Cl)ccc2Cl)nc1. The smallest absolute Gasteiger partial charge is 0.258 e. The standard InChI is InChI=1S/C17H11Cl2FN4O/c18-11-5-6-12(19)15(7-11)24-17-21-8-10(9-22-17)16(25)23-14-4-2-1-3-13(14)20/h1-9H,(H,23,25)(H,21,22,24). The zero-order valence-corrected chi connectivity index (χ0v) is 14.1. The van der Waals surface area contributed by atoms with Crippen molar-refractivity contribution in [1.82, 2.24) is 9.97 Å². The molecule has 126 valence electrons. The monoisotopic (exact) mass is 376 g/mol. The van der Waals surface area contributed by atoms with E-state index in [0.717, 1.165) is 0 Å². The number of nitrogens with one attached hydrogen (secondary N) is 2. The van der Waals surface area contributed by atoms with Crippen molar-refractivity contribution in [3.63, 3.8) is 0 Å². The molecule has 2 aromatic carbocycles. The molecule has 0 saturated heterocycles. The molecule has 0 atom stereocenters. The molecular weight excluding hydrogens is 366 g/mol. The van der Waals surface area contributed by atoms with E-state index in [2.05, 4.69) is 20.6 Å². The second-order valence-electron chi connectivity index (χ2n) is 4.98. The molecule has 0 spiro atoms. The van der Waals surface area contributed by atoms with Gasteiger partial charge in [-0.3, -0.25) is 4.79 Å². The van der Waals surface area contributed by atoms with Crippen LogP contribution in [0.25, 0.3) is 0 Å². The number of para-hydroxylation sites is 1. The van der Waals surface area contributed by atoms with Gasteiger partial charge in [0.1, 0.15) is 5.82 Å². The van der Waals surface area contributed by atoms with Crippen LogP contribution >= 0.6 is 23.2 Å². The van der Waals surface area contributed by atoms with Crippen LogP contribution in [0, 0.1) is 5.82 Å². The minimum atomic E-state index is -0.523. The molecule has 0 bridgehead atoms. The lowest BCUT2D eigenvalue weighted by Gasteiger charge is -2.08. The molecule has 1 heterocycles. The highest BCUT2D eigenvalue weighted by Crippen LogP contribution is 2.27. The van der Waals surface area contributed by atoms with E-state index >= 15 is 0 Å². The van der Waals surface area contributed by atoms with Crippen LogP contribution in [0.5, 0.6) is 0 Å². The first kappa shape index (κ1) is 17.1. The third-order valence-electron chi connectivity index (χ3n) is 3.21. The highest BCUT2D eigenvalue weighted by Gasteiger charge is 2.11. The molecule has 5 nitrogen and oxygen atoms in total. The summed E-state index contributed by atoms with van der Waals surface area (Å²) < 4.78 is 13.6. The Kier molecular flexibility index (Phi) is 5.11. The Balaban J connectivity index is 1.72. The molecule has 0 fully saturated rings. The van der Waals surface area contributed by atoms with E-state index in [1.165, 1.54) is 30.6 Å². The number of rotatable bonds is 4. The molecule has 1 amide bonds. The Bertz CT molecular complexity index is 919. The van der Waals surface area contributed by atoms with Crippen LogP contribution in [0.2, 0.25) is 10.0 Å². The summed E-state index contributed by atoms with van der Waals surface area (Å²) in [6, 6.07) is 10.8. The summed E-state index contributed by atoms with van der Waals surface area (Å²) in [6.45, 7) is 0. The van der Waals surface area contributed by atoms with E-state index in [1.807, 2.05) is 0 Å². The molecule has 0 saturated carbocycles. The Hall–Kier alpha value is -2.70. The predicted molar refractivity (Wildman–Crippen MR) is 96.1 cm³/mol. The average Bonchev–Trinajstić information content (AvgIpc) is 2.61. The molecular formula is C17H11Cl2FN4O. The van der Waals surface area contributed by atoms with Gasteiger partial charge in [-0.2, -0.15) is 0 Å². The van der Waals surface area contributed by atoms with Gasteiger partial charge < -0.3 is 10.6 Å². The number of anilines is 3. The Morgan fingerprint density at radius 1 is 1.00 bits per heavy atom. The van der Waals surface area contributed by atoms with Crippen molar-refractivity contribution in [3.8, 4) is 0 Å². The van der Waals surface area contributed by atoms with Gasteiger partial charge in [0.05, 0.1) is 22.0 Å². The molecule has 3 aromatic rings. The van der Waals surface area contributed by atoms with Crippen molar-refractivity contribution in [2.75, 3.05) is 10.6 Å². The van der Waals surface area contributed by atoms with Crippen molar-refractivity contribution < 1.29 is 9.18 Å². The van der Waals surface area contributed by atoms with Crippen LogP contribution in [0.3, 0.4) is 0 Å². The van der Waals surface area contributed by atoms with E-state index in [4.69, 9.17) is 23.2 Å². The Labute approximate surface area is 152 Å². The van der Waals surface area contributed by atoms with Crippen LogP contribution in [0.4, 0.5) is 21.7 Å². The van der Waals surface area contributed by atoms with Crippen molar-refractivity contribution in [2.24, 2.45) is 0 Å². The van der Waals surface area contributed by atoms with Crippen molar-refractivity contribution in [1.29, 1.82) is 0 Å². The van der Waals surface area contributed by atoms with Gasteiger partial charge in [0.2, 0.25) is 5.95 Å². The van der Waals surface area contributed by atoms with E-state index < -0.39 is 11.7 Å². The minimum Gasteiger partial charge on any atom is -0.323 e. The van der Waals surface area contributed by atoms with Gasteiger partial charge in [-0.05, 0) is 30.3 Å². The van der Waals surface area contributed by atoms with E-state index in [1.54, 1.807) is 24.3 Å². The second-order valence-corrected chi connectivity index (χ2v) is 5.82. The van der Waals surface area contributed by atoms with Gasteiger partial charge in [0, 0.05) is 17.4 Å². The second kappa shape index (κ2) is 7.46.